The number of aromatic nitrogens is 2. The Morgan fingerprint density at radius 3 is 3.04 bits per heavy atom. The highest BCUT2D eigenvalue weighted by atomic mass is 16.5. The van der Waals surface area contributed by atoms with Gasteiger partial charge in [0.05, 0.1) is 24.2 Å². The fourth-order valence-electron chi connectivity index (χ4n) is 2.82. The Morgan fingerprint density at radius 1 is 1.52 bits per heavy atom. The van der Waals surface area contributed by atoms with Crippen LogP contribution >= 0.6 is 0 Å². The number of nitrogens with two attached hydrogens (primary N) is 1. The first kappa shape index (κ1) is 15.6. The summed E-state index contributed by atoms with van der Waals surface area (Å²) in [5.74, 6) is 0.742. The first-order chi connectivity index (χ1) is 11.2. The lowest BCUT2D eigenvalue weighted by Crippen LogP contribution is -2.42. The number of aromatic amines is 1. The number of ether oxygens (including phenoxy) is 1. The smallest absolute Gasteiger partial charge is 0.201 e. The number of oxime groups is 1. The van der Waals surface area contributed by atoms with Crippen molar-refractivity contribution in [2.75, 3.05) is 38.2 Å². The van der Waals surface area contributed by atoms with E-state index in [0.29, 0.717) is 11.5 Å². The number of H-pyrrole nitrogens is 1. The standard InChI is InChI=1S/C15H22N6O2/c1-10(9-21-5-7-23-8-6-21)17-15-18-12-4-2-3-11(13(12)19-15)14(16)20-22/h2-4,10,22H,5-9H2,1H3,(H2,16,20)(H2,17,18,19). The van der Waals surface area contributed by atoms with E-state index in [1.165, 1.54) is 0 Å². The van der Waals surface area contributed by atoms with Crippen LogP contribution in [0.5, 0.6) is 0 Å². The molecule has 1 saturated heterocycles. The van der Waals surface area contributed by atoms with E-state index in [4.69, 9.17) is 15.7 Å². The van der Waals surface area contributed by atoms with E-state index in [0.717, 1.165) is 43.9 Å². The molecule has 1 aromatic carbocycles. The van der Waals surface area contributed by atoms with E-state index in [9.17, 15) is 0 Å². The largest absolute Gasteiger partial charge is 0.409 e. The summed E-state index contributed by atoms with van der Waals surface area (Å²) in [5.41, 5.74) is 7.87. The van der Waals surface area contributed by atoms with Crippen molar-refractivity contribution in [3.8, 4) is 0 Å². The molecule has 1 aliphatic rings. The minimum absolute atomic E-state index is 0.0622. The molecule has 0 aliphatic carbocycles. The third-order valence-electron chi connectivity index (χ3n) is 3.92. The molecule has 124 valence electrons. The van der Waals surface area contributed by atoms with Gasteiger partial charge in [-0.1, -0.05) is 11.2 Å². The zero-order valence-corrected chi connectivity index (χ0v) is 13.1. The molecule has 0 amide bonds. The van der Waals surface area contributed by atoms with Gasteiger partial charge >= 0.3 is 0 Å². The number of imidazole rings is 1. The van der Waals surface area contributed by atoms with E-state index in [1.54, 1.807) is 6.07 Å². The van der Waals surface area contributed by atoms with Gasteiger partial charge in [-0.15, -0.1) is 0 Å². The number of para-hydroxylation sites is 1. The van der Waals surface area contributed by atoms with Crippen LogP contribution in [-0.2, 0) is 4.74 Å². The molecule has 5 N–H and O–H groups in total. The second kappa shape index (κ2) is 6.84. The van der Waals surface area contributed by atoms with E-state index >= 15 is 0 Å². The Kier molecular flexibility index (Phi) is 4.63. The molecule has 23 heavy (non-hydrogen) atoms. The van der Waals surface area contributed by atoms with Crippen LogP contribution in [0.4, 0.5) is 5.95 Å². The van der Waals surface area contributed by atoms with Crippen LogP contribution in [0.1, 0.15) is 12.5 Å². The first-order valence-corrected chi connectivity index (χ1v) is 7.70. The van der Waals surface area contributed by atoms with Gasteiger partial charge in [-0.3, -0.25) is 4.90 Å². The van der Waals surface area contributed by atoms with Crippen molar-refractivity contribution in [3.05, 3.63) is 23.8 Å². The molecular weight excluding hydrogens is 296 g/mol. The van der Waals surface area contributed by atoms with Gasteiger partial charge in [0.1, 0.15) is 0 Å². The van der Waals surface area contributed by atoms with Crippen molar-refractivity contribution in [2.45, 2.75) is 13.0 Å². The predicted molar refractivity (Wildman–Crippen MR) is 88.9 cm³/mol. The Balaban J connectivity index is 1.73. The minimum Gasteiger partial charge on any atom is -0.409 e. The molecular formula is C15H22N6O2. The predicted octanol–water partition coefficient (Wildman–Crippen LogP) is 0.790. The lowest BCUT2D eigenvalue weighted by molar-refractivity contribution is 0.0368. The van der Waals surface area contributed by atoms with Crippen LogP contribution in [0.15, 0.2) is 23.4 Å². The van der Waals surface area contributed by atoms with Crippen molar-refractivity contribution in [2.24, 2.45) is 10.9 Å². The highest BCUT2D eigenvalue weighted by molar-refractivity contribution is 6.07. The Bertz CT molecular complexity index is 692. The number of nitrogens with zero attached hydrogens (tertiary/aromatic N) is 3. The molecule has 0 saturated carbocycles. The van der Waals surface area contributed by atoms with Crippen LogP contribution in [0, 0.1) is 0 Å². The highest BCUT2D eigenvalue weighted by Gasteiger charge is 2.15. The van der Waals surface area contributed by atoms with Crippen LogP contribution in [0.3, 0.4) is 0 Å². The Hall–Kier alpha value is -2.32. The number of benzene rings is 1. The number of fused-ring (bicyclic) bond motifs is 1. The lowest BCUT2D eigenvalue weighted by atomic mass is 10.2. The maximum atomic E-state index is 8.88. The molecule has 1 aromatic heterocycles. The van der Waals surface area contributed by atoms with Gasteiger partial charge in [0.25, 0.3) is 0 Å². The Labute approximate surface area is 134 Å². The summed E-state index contributed by atoms with van der Waals surface area (Å²) in [6, 6.07) is 5.74. The average molecular weight is 318 g/mol. The molecule has 3 rings (SSSR count). The number of anilines is 1. The molecule has 1 aliphatic heterocycles. The molecule has 1 fully saturated rings. The maximum absolute atomic E-state index is 8.88. The third-order valence-corrected chi connectivity index (χ3v) is 3.92. The number of hydrogen-bond acceptors (Lipinski definition) is 6. The summed E-state index contributed by atoms with van der Waals surface area (Å²) in [7, 11) is 0. The number of morpholine rings is 1. The van der Waals surface area contributed by atoms with E-state index in [2.05, 4.69) is 32.3 Å². The zero-order chi connectivity index (χ0) is 16.2. The molecule has 0 spiro atoms. The van der Waals surface area contributed by atoms with Gasteiger partial charge in [0.15, 0.2) is 5.84 Å². The first-order valence-electron chi connectivity index (χ1n) is 7.70. The summed E-state index contributed by atoms with van der Waals surface area (Å²) in [6.45, 7) is 6.54. The lowest BCUT2D eigenvalue weighted by Gasteiger charge is -2.29. The summed E-state index contributed by atoms with van der Waals surface area (Å²) in [5, 5.41) is 15.3. The monoisotopic (exact) mass is 318 g/mol. The summed E-state index contributed by atoms with van der Waals surface area (Å²) in [6.07, 6.45) is 0. The van der Waals surface area contributed by atoms with E-state index in [1.807, 2.05) is 12.1 Å². The number of amidine groups is 1. The number of nitrogens with one attached hydrogen (secondary N) is 2. The van der Waals surface area contributed by atoms with Crippen LogP contribution < -0.4 is 11.1 Å². The van der Waals surface area contributed by atoms with Crippen molar-refractivity contribution >= 4 is 22.8 Å². The second-order valence-electron chi connectivity index (χ2n) is 5.73. The Morgan fingerprint density at radius 2 is 2.30 bits per heavy atom. The van der Waals surface area contributed by atoms with Gasteiger partial charge < -0.3 is 26.0 Å². The minimum atomic E-state index is 0.0622. The number of rotatable bonds is 5. The van der Waals surface area contributed by atoms with Crippen molar-refractivity contribution in [3.63, 3.8) is 0 Å². The normalized spacial score (nSPS) is 18.2. The molecule has 8 heteroatoms. The second-order valence-corrected chi connectivity index (χ2v) is 5.73. The van der Waals surface area contributed by atoms with Crippen molar-refractivity contribution in [1.29, 1.82) is 0 Å². The zero-order valence-electron chi connectivity index (χ0n) is 13.1. The molecule has 2 heterocycles. The van der Waals surface area contributed by atoms with Crippen LogP contribution in [0.25, 0.3) is 11.0 Å². The molecule has 0 radical (unpaired) electrons. The van der Waals surface area contributed by atoms with Gasteiger partial charge in [0.2, 0.25) is 5.95 Å². The van der Waals surface area contributed by atoms with E-state index in [-0.39, 0.29) is 11.9 Å². The highest BCUT2D eigenvalue weighted by Crippen LogP contribution is 2.19. The van der Waals surface area contributed by atoms with Gasteiger partial charge in [-0.25, -0.2) is 4.98 Å². The van der Waals surface area contributed by atoms with Crippen LogP contribution in [-0.4, -0.2) is 64.8 Å². The van der Waals surface area contributed by atoms with E-state index < -0.39 is 0 Å². The molecule has 2 aromatic rings. The third kappa shape index (κ3) is 3.54. The van der Waals surface area contributed by atoms with Crippen molar-refractivity contribution in [1.82, 2.24) is 14.9 Å². The topological polar surface area (TPSA) is 112 Å². The molecule has 8 nitrogen and oxygen atoms in total. The molecule has 1 atom stereocenters. The fourth-order valence-corrected chi connectivity index (χ4v) is 2.82. The van der Waals surface area contributed by atoms with Crippen molar-refractivity contribution < 1.29 is 9.94 Å². The SMILES string of the molecule is CC(CN1CCOCC1)Nc1nc2cccc(C(N)=NO)c2[nH]1. The quantitative estimate of drug-likeness (QED) is 0.281. The molecule has 1 unspecified atom stereocenters. The summed E-state index contributed by atoms with van der Waals surface area (Å²) < 4.78 is 5.36. The summed E-state index contributed by atoms with van der Waals surface area (Å²) >= 11 is 0. The average Bonchev–Trinajstić information content (AvgIpc) is 2.97. The summed E-state index contributed by atoms with van der Waals surface area (Å²) in [4.78, 5) is 10.1. The van der Waals surface area contributed by atoms with Gasteiger partial charge in [-0.2, -0.15) is 0 Å². The van der Waals surface area contributed by atoms with Gasteiger partial charge in [-0.05, 0) is 19.1 Å². The fraction of sp³-hybridized carbons (Fsp3) is 0.467. The van der Waals surface area contributed by atoms with Gasteiger partial charge in [0, 0.05) is 31.2 Å². The van der Waals surface area contributed by atoms with Crippen LogP contribution in [0.2, 0.25) is 0 Å². The molecule has 0 bridgehead atoms. The number of hydrogen-bond donors (Lipinski definition) is 4. The maximum Gasteiger partial charge on any atom is 0.201 e.